The Morgan fingerprint density at radius 3 is 2.60 bits per heavy atom. The first-order valence-corrected chi connectivity index (χ1v) is 5.41. The number of aryl methyl sites for hydroxylation is 1. The molecule has 4 heteroatoms. The van der Waals surface area contributed by atoms with Gasteiger partial charge in [-0.05, 0) is 13.1 Å². The molecule has 0 N–H and O–H groups in total. The Balaban J connectivity index is 2.47. The zero-order valence-corrected chi connectivity index (χ0v) is 9.73. The first-order valence-electron chi connectivity index (χ1n) is 5.41. The maximum atomic E-state index is 11.8. The molecule has 1 aromatic rings. The Bertz CT molecular complexity index is 315. The number of aromatic nitrogens is 2. The number of nitrogens with zero attached hydrogens (tertiary/aromatic N) is 3. The molecule has 0 atom stereocenters. The van der Waals surface area contributed by atoms with E-state index >= 15 is 0 Å². The normalized spacial score (nSPS) is 10.9. The molecular formula is C11H19N3O. The summed E-state index contributed by atoms with van der Waals surface area (Å²) in [6, 6.07) is 0. The molecule has 1 aromatic heterocycles. The van der Waals surface area contributed by atoms with Crippen LogP contribution in [0.25, 0.3) is 0 Å². The van der Waals surface area contributed by atoms with E-state index in [-0.39, 0.29) is 5.78 Å². The van der Waals surface area contributed by atoms with Crippen molar-refractivity contribution in [1.29, 1.82) is 0 Å². The molecule has 0 unspecified atom stereocenters. The van der Waals surface area contributed by atoms with Crippen LogP contribution in [0, 0.1) is 0 Å². The van der Waals surface area contributed by atoms with E-state index in [0.29, 0.717) is 12.2 Å². The molecule has 0 amide bonds. The van der Waals surface area contributed by atoms with Crippen molar-refractivity contribution < 1.29 is 4.79 Å². The quantitative estimate of drug-likeness (QED) is 0.663. The highest BCUT2D eigenvalue weighted by Gasteiger charge is 2.11. The number of carbonyl (C=O) groups excluding carboxylic acids is 1. The average molecular weight is 209 g/mol. The number of Topliss-reactive ketones (excluding diaryl/α,β-unsaturated/α-hetero) is 1. The SMILES string of the molecule is CCN(CC)CCC(=O)c1nccn1C. The Morgan fingerprint density at radius 1 is 1.47 bits per heavy atom. The third-order valence-electron chi connectivity index (χ3n) is 2.62. The highest BCUT2D eigenvalue weighted by molar-refractivity contribution is 5.92. The summed E-state index contributed by atoms with van der Waals surface area (Å²) in [5.41, 5.74) is 0. The Hall–Kier alpha value is -1.16. The number of imidazole rings is 1. The van der Waals surface area contributed by atoms with E-state index in [1.54, 1.807) is 17.0 Å². The van der Waals surface area contributed by atoms with Gasteiger partial charge in [-0.2, -0.15) is 0 Å². The monoisotopic (exact) mass is 209 g/mol. The topological polar surface area (TPSA) is 38.1 Å². The molecule has 4 nitrogen and oxygen atoms in total. The summed E-state index contributed by atoms with van der Waals surface area (Å²) >= 11 is 0. The van der Waals surface area contributed by atoms with E-state index in [9.17, 15) is 4.79 Å². The van der Waals surface area contributed by atoms with Gasteiger partial charge in [-0.1, -0.05) is 13.8 Å². The fourth-order valence-corrected chi connectivity index (χ4v) is 1.55. The number of ketones is 1. The molecule has 0 aliphatic rings. The predicted molar refractivity (Wildman–Crippen MR) is 59.9 cm³/mol. The van der Waals surface area contributed by atoms with Crippen molar-refractivity contribution in [2.75, 3.05) is 19.6 Å². The largest absolute Gasteiger partial charge is 0.332 e. The maximum Gasteiger partial charge on any atom is 0.199 e. The van der Waals surface area contributed by atoms with Crippen molar-refractivity contribution in [3.05, 3.63) is 18.2 Å². The molecular weight excluding hydrogens is 190 g/mol. The lowest BCUT2D eigenvalue weighted by atomic mass is 10.2. The lowest BCUT2D eigenvalue weighted by molar-refractivity contribution is 0.0953. The fourth-order valence-electron chi connectivity index (χ4n) is 1.55. The van der Waals surface area contributed by atoms with Crippen LogP contribution < -0.4 is 0 Å². The Morgan fingerprint density at radius 2 is 2.13 bits per heavy atom. The van der Waals surface area contributed by atoms with Gasteiger partial charge in [0.2, 0.25) is 0 Å². The Labute approximate surface area is 90.9 Å². The van der Waals surface area contributed by atoms with Crippen molar-refractivity contribution in [2.24, 2.45) is 7.05 Å². The summed E-state index contributed by atoms with van der Waals surface area (Å²) in [5, 5.41) is 0. The third-order valence-corrected chi connectivity index (χ3v) is 2.62. The van der Waals surface area contributed by atoms with Gasteiger partial charge in [0.1, 0.15) is 0 Å². The summed E-state index contributed by atoms with van der Waals surface area (Å²) in [6.45, 7) is 7.01. The molecule has 15 heavy (non-hydrogen) atoms. The van der Waals surface area contributed by atoms with Gasteiger partial charge >= 0.3 is 0 Å². The Kier molecular flexibility index (Phi) is 4.49. The number of rotatable bonds is 6. The summed E-state index contributed by atoms with van der Waals surface area (Å²) in [4.78, 5) is 18.0. The van der Waals surface area contributed by atoms with Crippen LogP contribution in [0.15, 0.2) is 12.4 Å². The maximum absolute atomic E-state index is 11.8. The van der Waals surface area contributed by atoms with Gasteiger partial charge in [-0.15, -0.1) is 0 Å². The lowest BCUT2D eigenvalue weighted by Gasteiger charge is -2.16. The first kappa shape index (κ1) is 11.9. The van der Waals surface area contributed by atoms with Gasteiger partial charge < -0.3 is 9.47 Å². The summed E-state index contributed by atoms with van der Waals surface area (Å²) < 4.78 is 1.77. The van der Waals surface area contributed by atoms with Crippen LogP contribution in [0.2, 0.25) is 0 Å². The molecule has 84 valence electrons. The summed E-state index contributed by atoms with van der Waals surface area (Å²) in [7, 11) is 1.84. The van der Waals surface area contributed by atoms with Crippen LogP contribution >= 0.6 is 0 Å². The molecule has 0 fully saturated rings. The highest BCUT2D eigenvalue weighted by Crippen LogP contribution is 2.01. The van der Waals surface area contributed by atoms with Crippen molar-refractivity contribution in [1.82, 2.24) is 14.5 Å². The van der Waals surface area contributed by atoms with Crippen LogP contribution in [0.1, 0.15) is 30.9 Å². The molecule has 0 radical (unpaired) electrons. The van der Waals surface area contributed by atoms with E-state index in [2.05, 4.69) is 23.7 Å². The van der Waals surface area contributed by atoms with E-state index in [0.717, 1.165) is 19.6 Å². The van der Waals surface area contributed by atoms with Crippen LogP contribution in [-0.4, -0.2) is 39.9 Å². The molecule has 0 saturated heterocycles. The minimum Gasteiger partial charge on any atom is -0.332 e. The number of hydrogen-bond donors (Lipinski definition) is 0. The first-order chi connectivity index (χ1) is 7.19. The number of carbonyl (C=O) groups is 1. The van der Waals surface area contributed by atoms with Crippen molar-refractivity contribution in [3.63, 3.8) is 0 Å². The average Bonchev–Trinajstić information content (AvgIpc) is 2.66. The lowest BCUT2D eigenvalue weighted by Crippen LogP contribution is -2.26. The molecule has 0 aliphatic carbocycles. The van der Waals surface area contributed by atoms with Crippen LogP contribution in [0.5, 0.6) is 0 Å². The molecule has 0 saturated carbocycles. The van der Waals surface area contributed by atoms with Gasteiger partial charge in [0.25, 0.3) is 0 Å². The predicted octanol–water partition coefficient (Wildman–Crippen LogP) is 1.33. The molecule has 1 heterocycles. The second-order valence-corrected chi connectivity index (χ2v) is 3.56. The second kappa shape index (κ2) is 5.66. The van der Waals surface area contributed by atoms with Crippen molar-refractivity contribution in [3.8, 4) is 0 Å². The van der Waals surface area contributed by atoms with E-state index in [4.69, 9.17) is 0 Å². The van der Waals surface area contributed by atoms with Crippen molar-refractivity contribution in [2.45, 2.75) is 20.3 Å². The standard InChI is InChI=1S/C11H19N3O/c1-4-14(5-2)8-6-10(15)11-12-7-9-13(11)3/h7,9H,4-6,8H2,1-3H3. The van der Waals surface area contributed by atoms with Gasteiger partial charge in [-0.25, -0.2) is 4.98 Å². The van der Waals surface area contributed by atoms with Gasteiger partial charge in [0, 0.05) is 32.4 Å². The third kappa shape index (κ3) is 3.16. The summed E-state index contributed by atoms with van der Waals surface area (Å²) in [5.74, 6) is 0.677. The minimum atomic E-state index is 0.120. The van der Waals surface area contributed by atoms with E-state index < -0.39 is 0 Å². The minimum absolute atomic E-state index is 0.120. The fraction of sp³-hybridized carbons (Fsp3) is 0.636. The van der Waals surface area contributed by atoms with Crippen LogP contribution in [-0.2, 0) is 7.05 Å². The van der Waals surface area contributed by atoms with Crippen LogP contribution in [0.3, 0.4) is 0 Å². The van der Waals surface area contributed by atoms with E-state index in [1.807, 2.05) is 7.05 Å². The van der Waals surface area contributed by atoms with Gasteiger partial charge in [0.05, 0.1) is 0 Å². The summed E-state index contributed by atoms with van der Waals surface area (Å²) in [6.07, 6.45) is 4.00. The zero-order chi connectivity index (χ0) is 11.3. The molecule has 0 bridgehead atoms. The smallest absolute Gasteiger partial charge is 0.199 e. The van der Waals surface area contributed by atoms with Crippen molar-refractivity contribution >= 4 is 5.78 Å². The molecule has 0 aromatic carbocycles. The second-order valence-electron chi connectivity index (χ2n) is 3.56. The molecule has 0 aliphatic heterocycles. The zero-order valence-electron chi connectivity index (χ0n) is 9.73. The van der Waals surface area contributed by atoms with Gasteiger partial charge in [0.15, 0.2) is 11.6 Å². The molecule has 0 spiro atoms. The number of hydrogen-bond acceptors (Lipinski definition) is 3. The van der Waals surface area contributed by atoms with Crippen LogP contribution in [0.4, 0.5) is 0 Å². The highest BCUT2D eigenvalue weighted by atomic mass is 16.1. The van der Waals surface area contributed by atoms with Gasteiger partial charge in [-0.3, -0.25) is 4.79 Å². The molecule has 1 rings (SSSR count). The van der Waals surface area contributed by atoms with E-state index in [1.165, 1.54) is 0 Å².